The minimum Gasteiger partial charge on any atom is -0.497 e. The Kier molecular flexibility index (Phi) is 5.57. The minimum atomic E-state index is -0.200. The molecular weight excluding hydrogens is 444 g/mol. The molecule has 1 N–H and O–H groups in total. The van der Waals surface area contributed by atoms with E-state index in [1.54, 1.807) is 7.11 Å². The smallest absolute Gasteiger partial charge is 0.254 e. The molecule has 0 saturated heterocycles. The Bertz CT molecular complexity index is 1530. The number of carbonyl (C=O) groups excluding carboxylic acids is 1. The highest BCUT2D eigenvalue weighted by atomic mass is 16.5. The molecule has 0 spiro atoms. The average Bonchev–Trinajstić information content (AvgIpc) is 3.30. The molecular formula is C32H28N2O2. The van der Waals surface area contributed by atoms with E-state index in [0.29, 0.717) is 12.1 Å². The molecule has 4 aromatic carbocycles. The topological polar surface area (TPSA) is 45.3 Å². The number of hydrogen-bond donors (Lipinski definition) is 1. The van der Waals surface area contributed by atoms with Gasteiger partial charge in [-0.15, -0.1) is 0 Å². The summed E-state index contributed by atoms with van der Waals surface area (Å²) < 4.78 is 5.39. The fourth-order valence-corrected chi connectivity index (χ4v) is 5.36. The maximum atomic E-state index is 13.9. The molecule has 1 aromatic heterocycles. The van der Waals surface area contributed by atoms with Gasteiger partial charge in [0.25, 0.3) is 5.91 Å². The van der Waals surface area contributed by atoms with E-state index in [1.165, 1.54) is 16.5 Å². The molecule has 2 heterocycles. The monoisotopic (exact) mass is 472 g/mol. The Morgan fingerprint density at radius 3 is 2.33 bits per heavy atom. The minimum absolute atomic E-state index is 0.0379. The first kappa shape index (κ1) is 22.2. The number of amides is 1. The third kappa shape index (κ3) is 3.85. The summed E-state index contributed by atoms with van der Waals surface area (Å²) in [4.78, 5) is 19.6. The first-order valence-corrected chi connectivity index (χ1v) is 12.3. The van der Waals surface area contributed by atoms with Crippen molar-refractivity contribution in [2.24, 2.45) is 0 Å². The molecule has 0 fully saturated rings. The Labute approximate surface area is 211 Å². The lowest BCUT2D eigenvalue weighted by atomic mass is 9.91. The van der Waals surface area contributed by atoms with Crippen LogP contribution in [0.4, 0.5) is 0 Å². The number of H-pyrrole nitrogens is 1. The van der Waals surface area contributed by atoms with Crippen LogP contribution in [0.25, 0.3) is 22.0 Å². The molecule has 5 aromatic rings. The third-order valence-electron chi connectivity index (χ3n) is 7.21. The highest BCUT2D eigenvalue weighted by molar-refractivity contribution is 5.96. The lowest BCUT2D eigenvalue weighted by Gasteiger charge is -2.36. The van der Waals surface area contributed by atoms with E-state index >= 15 is 0 Å². The first-order chi connectivity index (χ1) is 17.6. The molecule has 4 nitrogen and oxygen atoms in total. The zero-order chi connectivity index (χ0) is 24.6. The standard InChI is InChI=1S/C32H28N2O2/c1-21-8-17-29-28(20-21)27-18-19-34(31(30(27)33-29)24-13-15-26(36-2)16-14-24)32(35)25-11-9-23(10-12-25)22-6-4-3-5-7-22/h3-17,20,31,33H,18-19H2,1-2H3. The molecule has 6 rings (SSSR count). The van der Waals surface area contributed by atoms with E-state index in [9.17, 15) is 4.79 Å². The molecule has 1 atom stereocenters. The number of aromatic amines is 1. The lowest BCUT2D eigenvalue weighted by molar-refractivity contribution is 0.0692. The lowest BCUT2D eigenvalue weighted by Crippen LogP contribution is -2.40. The van der Waals surface area contributed by atoms with Gasteiger partial charge in [0.2, 0.25) is 0 Å². The number of fused-ring (bicyclic) bond motifs is 3. The zero-order valence-electron chi connectivity index (χ0n) is 20.5. The van der Waals surface area contributed by atoms with Crippen molar-refractivity contribution in [2.45, 2.75) is 19.4 Å². The van der Waals surface area contributed by atoms with Crippen LogP contribution in [0.2, 0.25) is 0 Å². The second kappa shape index (κ2) is 9.04. The largest absolute Gasteiger partial charge is 0.497 e. The van der Waals surface area contributed by atoms with Crippen molar-refractivity contribution in [1.82, 2.24) is 9.88 Å². The molecule has 1 unspecified atom stereocenters. The van der Waals surface area contributed by atoms with E-state index in [2.05, 4.69) is 54.4 Å². The molecule has 0 radical (unpaired) electrons. The van der Waals surface area contributed by atoms with Gasteiger partial charge in [-0.3, -0.25) is 4.79 Å². The highest BCUT2D eigenvalue weighted by Gasteiger charge is 2.35. The summed E-state index contributed by atoms with van der Waals surface area (Å²) in [7, 11) is 1.67. The average molecular weight is 473 g/mol. The number of methoxy groups -OCH3 is 1. The summed E-state index contributed by atoms with van der Waals surface area (Å²) in [6.07, 6.45) is 0.819. The summed E-state index contributed by atoms with van der Waals surface area (Å²) in [6, 6.07) is 32.6. The van der Waals surface area contributed by atoms with Crippen LogP contribution >= 0.6 is 0 Å². The predicted molar refractivity (Wildman–Crippen MR) is 144 cm³/mol. The fourth-order valence-electron chi connectivity index (χ4n) is 5.36. The first-order valence-electron chi connectivity index (χ1n) is 12.3. The normalized spacial score (nSPS) is 15.1. The van der Waals surface area contributed by atoms with E-state index in [-0.39, 0.29) is 11.9 Å². The van der Waals surface area contributed by atoms with E-state index in [4.69, 9.17) is 4.74 Å². The third-order valence-corrected chi connectivity index (χ3v) is 7.21. The highest BCUT2D eigenvalue weighted by Crippen LogP contribution is 2.40. The van der Waals surface area contributed by atoms with Crippen LogP contribution in [0.15, 0.2) is 97.1 Å². The molecule has 1 amide bonds. The van der Waals surface area contributed by atoms with Crippen molar-refractivity contribution < 1.29 is 9.53 Å². The van der Waals surface area contributed by atoms with Crippen molar-refractivity contribution >= 4 is 16.8 Å². The van der Waals surface area contributed by atoms with Crippen molar-refractivity contribution in [3.8, 4) is 16.9 Å². The predicted octanol–water partition coefficient (Wildman–Crippen LogP) is 6.94. The second-order valence-corrected chi connectivity index (χ2v) is 9.43. The molecule has 178 valence electrons. The van der Waals surface area contributed by atoms with Crippen LogP contribution in [-0.4, -0.2) is 29.4 Å². The van der Waals surface area contributed by atoms with Gasteiger partial charge in [0, 0.05) is 28.7 Å². The quantitative estimate of drug-likeness (QED) is 0.308. The Morgan fingerprint density at radius 1 is 0.889 bits per heavy atom. The summed E-state index contributed by atoms with van der Waals surface area (Å²) in [5.74, 6) is 0.840. The Morgan fingerprint density at radius 2 is 1.61 bits per heavy atom. The Balaban J connectivity index is 1.41. The van der Waals surface area contributed by atoms with Gasteiger partial charge in [-0.05, 0) is 72.0 Å². The van der Waals surface area contributed by atoms with Crippen molar-refractivity contribution in [2.75, 3.05) is 13.7 Å². The molecule has 36 heavy (non-hydrogen) atoms. The Hall–Kier alpha value is -4.31. The summed E-state index contributed by atoms with van der Waals surface area (Å²) in [5, 5.41) is 1.25. The number of nitrogens with zero attached hydrogens (tertiary/aromatic N) is 1. The van der Waals surface area contributed by atoms with Crippen LogP contribution in [0.1, 0.15) is 38.8 Å². The van der Waals surface area contributed by atoms with Gasteiger partial charge in [-0.2, -0.15) is 0 Å². The fraction of sp³-hybridized carbons (Fsp3) is 0.156. The maximum absolute atomic E-state index is 13.9. The number of rotatable bonds is 4. The van der Waals surface area contributed by atoms with Gasteiger partial charge >= 0.3 is 0 Å². The summed E-state index contributed by atoms with van der Waals surface area (Å²) >= 11 is 0. The van der Waals surface area contributed by atoms with E-state index in [1.807, 2.05) is 59.5 Å². The number of aryl methyl sites for hydroxylation is 1. The number of aromatic nitrogens is 1. The van der Waals surface area contributed by atoms with Gasteiger partial charge < -0.3 is 14.6 Å². The van der Waals surface area contributed by atoms with E-state index in [0.717, 1.165) is 40.1 Å². The van der Waals surface area contributed by atoms with Gasteiger partial charge in [-0.25, -0.2) is 0 Å². The second-order valence-electron chi connectivity index (χ2n) is 9.43. The van der Waals surface area contributed by atoms with Gasteiger partial charge in [0.1, 0.15) is 5.75 Å². The molecule has 0 bridgehead atoms. The van der Waals surface area contributed by atoms with E-state index < -0.39 is 0 Å². The number of hydrogen-bond acceptors (Lipinski definition) is 2. The molecule has 1 aliphatic rings. The zero-order valence-corrected chi connectivity index (χ0v) is 20.5. The van der Waals surface area contributed by atoms with Crippen molar-refractivity contribution in [3.63, 3.8) is 0 Å². The SMILES string of the molecule is COc1ccc(C2c3[nH]c4ccc(C)cc4c3CCN2C(=O)c2ccc(-c3ccccc3)cc2)cc1. The number of carbonyl (C=O) groups is 1. The maximum Gasteiger partial charge on any atom is 0.254 e. The number of nitrogens with one attached hydrogen (secondary N) is 1. The number of ether oxygens (including phenoxy) is 1. The van der Waals surface area contributed by atoms with Crippen LogP contribution in [0.5, 0.6) is 5.75 Å². The summed E-state index contributed by atoms with van der Waals surface area (Å²) in [6.45, 7) is 2.78. The van der Waals surface area contributed by atoms with Crippen LogP contribution in [0.3, 0.4) is 0 Å². The molecule has 1 aliphatic heterocycles. The molecule has 0 saturated carbocycles. The van der Waals surface area contributed by atoms with Crippen molar-refractivity contribution in [1.29, 1.82) is 0 Å². The van der Waals surface area contributed by atoms with Crippen LogP contribution < -0.4 is 4.74 Å². The molecule has 0 aliphatic carbocycles. The summed E-state index contributed by atoms with van der Waals surface area (Å²) in [5.41, 5.74) is 8.76. The van der Waals surface area contributed by atoms with Gasteiger partial charge in [0.15, 0.2) is 0 Å². The molecule has 4 heteroatoms. The van der Waals surface area contributed by atoms with Gasteiger partial charge in [0.05, 0.1) is 13.2 Å². The number of benzene rings is 4. The van der Waals surface area contributed by atoms with Crippen molar-refractivity contribution in [3.05, 3.63) is 125 Å². The van der Waals surface area contributed by atoms with Crippen LogP contribution in [-0.2, 0) is 6.42 Å². The van der Waals surface area contributed by atoms with Gasteiger partial charge in [-0.1, -0.05) is 66.2 Å². The van der Waals surface area contributed by atoms with Crippen LogP contribution in [0, 0.1) is 6.92 Å².